The Morgan fingerprint density at radius 2 is 0.440 bits per heavy atom. The minimum Gasteiger partial charge on any atom is -0.504 e. The molecule has 0 radical (unpaired) electrons. The van der Waals surface area contributed by atoms with E-state index in [0.717, 1.165) is 0 Å². The van der Waals surface area contributed by atoms with Gasteiger partial charge in [0.15, 0.2) is 117 Å². The molecule has 4 N–H and O–H groups in total. The summed E-state index contributed by atoms with van der Waals surface area (Å²) in [5.74, 6) is -11.3. The molecule has 0 unspecified atom stereocenters. The van der Waals surface area contributed by atoms with E-state index in [1.807, 2.05) is 0 Å². The highest BCUT2D eigenvalue weighted by Crippen LogP contribution is 2.53. The summed E-state index contributed by atoms with van der Waals surface area (Å²) < 4.78 is 21.3. The average Bonchev–Trinajstić information content (AvgIpc) is 1.02. The van der Waals surface area contributed by atoms with Crippen molar-refractivity contribution >= 4 is 71.4 Å². The number of aromatic hydroxyl groups is 4. The average molecular weight is 1150 g/mol. The first-order chi connectivity index (χ1) is 39.4. The van der Waals surface area contributed by atoms with Crippen LogP contribution in [0.2, 0.25) is 0 Å². The summed E-state index contributed by atoms with van der Waals surface area (Å²) in [7, 11) is 5.01. The number of rotatable bonds is 14. The number of carbonyl (C=O) groups is 12. The molecule has 4 aromatic rings. The van der Waals surface area contributed by atoms with Crippen LogP contribution in [0.5, 0.6) is 46.0 Å². The Balaban J connectivity index is 0.000000241. The Hall–Kier alpha value is -9.72. The topological polar surface area (TPSA) is 323 Å². The zero-order chi connectivity index (χ0) is 63.1. The lowest BCUT2D eigenvalue weighted by Crippen LogP contribution is -2.32. The molecule has 4 aromatic carbocycles. The molecule has 8 rings (SSSR count). The van der Waals surface area contributed by atoms with Crippen molar-refractivity contribution in [2.24, 2.45) is 0 Å². The summed E-state index contributed by atoms with van der Waals surface area (Å²) in [6, 6.07) is 0. The maximum atomic E-state index is 14.2. The van der Waals surface area contributed by atoms with Crippen LogP contribution in [0, 0.1) is 0 Å². The van der Waals surface area contributed by atoms with Gasteiger partial charge in [-0.25, -0.2) is 0 Å². The number of benzene rings is 4. The van der Waals surface area contributed by atoms with Crippen LogP contribution in [0.3, 0.4) is 0 Å². The molecule has 0 heterocycles. The summed E-state index contributed by atoms with van der Waals surface area (Å²) in [6.45, 7) is 19.0. The summed E-state index contributed by atoms with van der Waals surface area (Å²) in [5, 5.41) is 43.6. The molecule has 0 fully saturated rings. The van der Waals surface area contributed by atoms with Crippen LogP contribution in [0.15, 0.2) is 44.6 Å². The van der Waals surface area contributed by atoms with Gasteiger partial charge in [0.1, 0.15) is 0 Å². The van der Waals surface area contributed by atoms with Gasteiger partial charge in [-0.2, -0.15) is 0 Å². The number of hydrogen-bond donors (Lipinski definition) is 4. The fourth-order valence-electron chi connectivity index (χ4n) is 12.0. The monoisotopic (exact) mass is 1150 g/mol. The number of aldehydes is 4. The Morgan fingerprint density at radius 1 is 0.286 bits per heavy atom. The molecule has 0 saturated heterocycles. The molecular weight excluding hydrogens is 1090 g/mol. The zero-order valence-electron chi connectivity index (χ0n) is 48.9. The SMILES string of the molecule is COc1c(O)c(C=O)c2c(c1C(C)C)C(=O)C(C)=C(C1=C(C)C(=O)c3c(c(C=O)c(O)c(OC)c3C(C)C)C1=O)C2=O.COc1c(O)c(C=O)c2c(c1C(C)C)C(=O)C(C)=C(C1=C(C)C(=O)c3c(c(C=O)c(O)c(OC)c3C(C)C)C1=O)C2=O. The Bertz CT molecular complexity index is 3460. The minimum absolute atomic E-state index is 0.127. The van der Waals surface area contributed by atoms with Gasteiger partial charge in [0.25, 0.3) is 0 Å². The lowest BCUT2D eigenvalue weighted by Gasteiger charge is -2.30. The Labute approximate surface area is 481 Å². The molecule has 0 aliphatic heterocycles. The fraction of sp³-hybridized carbons (Fsp3) is 0.312. The molecule has 0 atom stereocenters. The van der Waals surface area contributed by atoms with E-state index in [4.69, 9.17) is 18.9 Å². The molecule has 4 aliphatic carbocycles. The number of fused-ring (bicyclic) bond motifs is 4. The van der Waals surface area contributed by atoms with Crippen molar-refractivity contribution < 1.29 is 96.9 Å². The molecule has 0 bridgehead atoms. The molecule has 0 aromatic heterocycles. The largest absolute Gasteiger partial charge is 0.504 e. The third-order valence-corrected chi connectivity index (χ3v) is 15.7. The minimum atomic E-state index is -0.933. The van der Waals surface area contributed by atoms with E-state index in [0.29, 0.717) is 0 Å². The number of ether oxygens (including phenoxy) is 4. The molecule has 20 heteroatoms. The normalized spacial score (nSPS) is 15.0. The van der Waals surface area contributed by atoms with Crippen molar-refractivity contribution in [2.75, 3.05) is 28.4 Å². The summed E-state index contributed by atoms with van der Waals surface area (Å²) in [5.41, 5.74) is -5.84. The van der Waals surface area contributed by atoms with Gasteiger partial charge >= 0.3 is 0 Å². The number of phenolic OH excluding ortho intramolecular Hbond substituents is 4. The number of Topliss-reactive ketones (excluding diaryl/α,β-unsaturated/α-hetero) is 8. The molecule has 20 nitrogen and oxygen atoms in total. The number of hydrogen-bond acceptors (Lipinski definition) is 20. The second-order valence-electron chi connectivity index (χ2n) is 21.6. The van der Waals surface area contributed by atoms with Crippen molar-refractivity contribution in [3.63, 3.8) is 0 Å². The molecule has 0 saturated carbocycles. The smallest absolute Gasteiger partial charge is 0.195 e. The van der Waals surface area contributed by atoms with E-state index in [2.05, 4.69) is 0 Å². The van der Waals surface area contributed by atoms with Crippen molar-refractivity contribution in [3.05, 3.63) is 134 Å². The first-order valence-electron chi connectivity index (χ1n) is 26.3. The van der Waals surface area contributed by atoms with Gasteiger partial charge in [-0.15, -0.1) is 0 Å². The first-order valence-corrected chi connectivity index (χ1v) is 26.3. The number of ketones is 8. The first kappa shape index (κ1) is 61.9. The summed E-state index contributed by atoms with van der Waals surface area (Å²) >= 11 is 0. The van der Waals surface area contributed by atoms with Gasteiger partial charge in [0.2, 0.25) is 0 Å². The highest BCUT2D eigenvalue weighted by molar-refractivity contribution is 6.41. The molecule has 0 spiro atoms. The standard InChI is InChI=1S/2C32H30O10/c2*1-11(2)17-23-21(15(9-33)27(37)31(17)41-7)29(39)19(13(5)25(23)35)20-14(6)26(36)24-18(12(3)4)32(42-8)28(38)16(10-34)22(24)30(20)40/h2*9-12,37-38H,1-8H3. The van der Waals surface area contributed by atoms with E-state index in [9.17, 15) is 78.0 Å². The highest BCUT2D eigenvalue weighted by atomic mass is 16.5. The highest BCUT2D eigenvalue weighted by Gasteiger charge is 2.48. The van der Waals surface area contributed by atoms with Crippen LogP contribution in [0.4, 0.5) is 0 Å². The van der Waals surface area contributed by atoms with Crippen molar-refractivity contribution in [2.45, 2.75) is 107 Å². The molecule has 0 amide bonds. The van der Waals surface area contributed by atoms with Crippen LogP contribution in [-0.4, -0.2) is 120 Å². The van der Waals surface area contributed by atoms with Crippen LogP contribution < -0.4 is 18.9 Å². The number of carbonyl (C=O) groups excluding carboxylic acids is 12. The predicted molar refractivity (Wildman–Crippen MR) is 302 cm³/mol. The van der Waals surface area contributed by atoms with Crippen molar-refractivity contribution in [1.82, 2.24) is 0 Å². The number of phenols is 4. The van der Waals surface area contributed by atoms with Crippen molar-refractivity contribution in [1.29, 1.82) is 0 Å². The van der Waals surface area contributed by atoms with Gasteiger partial charge in [-0.05, 0) is 51.4 Å². The molecule has 84 heavy (non-hydrogen) atoms. The van der Waals surface area contributed by atoms with Crippen LogP contribution in [-0.2, 0) is 0 Å². The fourth-order valence-corrected chi connectivity index (χ4v) is 12.0. The maximum absolute atomic E-state index is 14.2. The van der Waals surface area contributed by atoms with E-state index in [-0.39, 0.29) is 115 Å². The van der Waals surface area contributed by atoms with Crippen molar-refractivity contribution in [3.8, 4) is 46.0 Å². The second kappa shape index (κ2) is 22.6. The van der Waals surface area contributed by atoms with Crippen LogP contribution >= 0.6 is 0 Å². The van der Waals surface area contributed by atoms with Gasteiger partial charge in [0.05, 0.1) is 50.7 Å². The quantitative estimate of drug-likeness (QED) is 0.0853. The molecule has 4 aliphatic rings. The third-order valence-electron chi connectivity index (χ3n) is 15.7. The van der Waals surface area contributed by atoms with Gasteiger partial charge in [-0.1, -0.05) is 55.4 Å². The molecule has 436 valence electrons. The third kappa shape index (κ3) is 8.63. The Morgan fingerprint density at radius 3 is 0.560 bits per heavy atom. The van der Waals surface area contributed by atoms with Gasteiger partial charge in [-0.3, -0.25) is 57.5 Å². The lowest BCUT2D eigenvalue weighted by atomic mass is 9.70. The van der Waals surface area contributed by atoms with E-state index in [1.165, 1.54) is 56.1 Å². The van der Waals surface area contributed by atoms with Gasteiger partial charge in [0, 0.05) is 111 Å². The predicted octanol–water partition coefficient (Wildman–Crippen LogP) is 10.2. The second-order valence-corrected chi connectivity index (χ2v) is 21.6. The van der Waals surface area contributed by atoms with Gasteiger partial charge < -0.3 is 39.4 Å². The zero-order valence-corrected chi connectivity index (χ0v) is 48.9. The van der Waals surface area contributed by atoms with E-state index < -0.39 is 160 Å². The molecular formula is C64H60O20. The van der Waals surface area contributed by atoms with E-state index >= 15 is 0 Å². The van der Waals surface area contributed by atoms with Crippen LogP contribution in [0.1, 0.15) is 253 Å². The maximum Gasteiger partial charge on any atom is 0.195 e. The van der Waals surface area contributed by atoms with Crippen LogP contribution in [0.25, 0.3) is 0 Å². The number of allylic oxidation sites excluding steroid dienone is 8. The Kier molecular flexibility index (Phi) is 16.6. The van der Waals surface area contributed by atoms with E-state index in [1.54, 1.807) is 55.4 Å². The number of methoxy groups -OCH3 is 4. The summed E-state index contributed by atoms with van der Waals surface area (Å²) in [6.07, 6.45) is 0.882. The summed E-state index contributed by atoms with van der Waals surface area (Å²) in [4.78, 5) is 161. The lowest BCUT2D eigenvalue weighted by molar-refractivity contribution is 0.0948.